The molecule has 0 aliphatic rings. The Morgan fingerprint density at radius 2 is 1.75 bits per heavy atom. The summed E-state index contributed by atoms with van der Waals surface area (Å²) in [6.45, 7) is 0.0115. The lowest BCUT2D eigenvalue weighted by Gasteiger charge is -2.17. The van der Waals surface area contributed by atoms with Crippen LogP contribution in [0.5, 0.6) is 0 Å². The monoisotopic (exact) mass is 417 g/mol. The van der Waals surface area contributed by atoms with Gasteiger partial charge in [-0.25, -0.2) is 4.79 Å². The normalized spacial score (nSPS) is 11.6. The number of nitrogens with one attached hydrogen (secondary N) is 1. The van der Waals surface area contributed by atoms with E-state index in [1.54, 1.807) is 24.3 Å². The molecule has 1 amide bonds. The Morgan fingerprint density at radius 3 is 2.43 bits per heavy atom. The first kappa shape index (κ1) is 20.0. The van der Waals surface area contributed by atoms with Crippen molar-refractivity contribution >= 4 is 35.1 Å². The van der Waals surface area contributed by atoms with Crippen molar-refractivity contribution in [2.75, 3.05) is 0 Å². The van der Waals surface area contributed by atoms with Gasteiger partial charge in [0, 0.05) is 6.42 Å². The molecule has 0 spiro atoms. The maximum Gasteiger partial charge on any atom is 0.329 e. The van der Waals surface area contributed by atoms with Gasteiger partial charge in [-0.05, 0) is 35.4 Å². The number of carbonyl (C=O) groups excluding carboxylic acids is 2. The highest BCUT2D eigenvalue weighted by atomic mass is 35.5. The van der Waals surface area contributed by atoms with Crippen LogP contribution in [-0.4, -0.2) is 17.9 Å². The van der Waals surface area contributed by atoms with Crippen LogP contribution < -0.4 is 5.32 Å². The zero-order valence-electron chi connectivity index (χ0n) is 14.7. The van der Waals surface area contributed by atoms with Gasteiger partial charge in [0.15, 0.2) is 5.76 Å². The SMILES string of the molecule is O=C(N[C@H](Cc1ccccc1)C(=O)OCc1ccc(Cl)c(Cl)c1)c1ccco1. The molecule has 5 nitrogen and oxygen atoms in total. The van der Waals surface area contributed by atoms with Crippen LogP contribution in [0.3, 0.4) is 0 Å². The molecule has 144 valence electrons. The average Bonchev–Trinajstić information content (AvgIpc) is 3.24. The molecule has 0 saturated carbocycles. The number of esters is 1. The van der Waals surface area contributed by atoms with Crippen LogP contribution in [-0.2, 0) is 22.6 Å². The van der Waals surface area contributed by atoms with Crippen molar-refractivity contribution in [3.8, 4) is 0 Å². The van der Waals surface area contributed by atoms with Crippen molar-refractivity contribution in [3.63, 3.8) is 0 Å². The van der Waals surface area contributed by atoms with Crippen LogP contribution >= 0.6 is 23.2 Å². The molecule has 2 aromatic carbocycles. The molecule has 0 bridgehead atoms. The molecule has 0 aliphatic heterocycles. The van der Waals surface area contributed by atoms with E-state index < -0.39 is 17.9 Å². The molecular formula is C21H17Cl2NO4. The minimum absolute atomic E-state index is 0.0115. The lowest BCUT2D eigenvalue weighted by molar-refractivity contribution is -0.147. The van der Waals surface area contributed by atoms with Gasteiger partial charge < -0.3 is 14.5 Å². The maximum atomic E-state index is 12.7. The van der Waals surface area contributed by atoms with E-state index in [1.165, 1.54) is 12.3 Å². The standard InChI is InChI=1S/C21H17Cl2NO4/c22-16-9-8-15(11-17(16)23)13-28-21(26)18(12-14-5-2-1-3-6-14)24-20(25)19-7-4-10-27-19/h1-11,18H,12-13H2,(H,24,25)/t18-/m1/s1. The minimum atomic E-state index is -0.872. The van der Waals surface area contributed by atoms with Crippen molar-refractivity contribution in [2.45, 2.75) is 19.1 Å². The number of ether oxygens (including phenoxy) is 1. The van der Waals surface area contributed by atoms with Crippen LogP contribution in [0.15, 0.2) is 71.3 Å². The van der Waals surface area contributed by atoms with E-state index in [2.05, 4.69) is 5.32 Å². The highest BCUT2D eigenvalue weighted by Gasteiger charge is 2.24. The summed E-state index contributed by atoms with van der Waals surface area (Å²) in [5, 5.41) is 3.47. The fourth-order valence-electron chi connectivity index (χ4n) is 2.56. The number of rotatable bonds is 7. The quantitative estimate of drug-likeness (QED) is 0.567. The van der Waals surface area contributed by atoms with Gasteiger partial charge in [0.25, 0.3) is 5.91 Å². The van der Waals surface area contributed by atoms with Gasteiger partial charge in [0.05, 0.1) is 16.3 Å². The first-order chi connectivity index (χ1) is 13.5. The summed E-state index contributed by atoms with van der Waals surface area (Å²) in [6, 6.07) is 16.6. The largest absolute Gasteiger partial charge is 0.459 e. The van der Waals surface area contributed by atoms with Gasteiger partial charge >= 0.3 is 5.97 Å². The molecule has 0 fully saturated rings. The summed E-state index contributed by atoms with van der Waals surface area (Å²) in [6.07, 6.45) is 1.68. The number of benzene rings is 2. The molecule has 3 rings (SSSR count). The molecule has 28 heavy (non-hydrogen) atoms. The van der Waals surface area contributed by atoms with Crippen molar-refractivity contribution in [2.24, 2.45) is 0 Å². The summed E-state index contributed by atoms with van der Waals surface area (Å²) < 4.78 is 10.5. The van der Waals surface area contributed by atoms with Crippen LogP contribution in [0.4, 0.5) is 0 Å². The van der Waals surface area contributed by atoms with E-state index in [-0.39, 0.29) is 18.8 Å². The van der Waals surface area contributed by atoms with Gasteiger partial charge in [0.2, 0.25) is 0 Å². The molecule has 1 atom stereocenters. The molecule has 0 unspecified atom stereocenters. The number of carbonyl (C=O) groups is 2. The Balaban J connectivity index is 1.69. The Hall–Kier alpha value is -2.76. The summed E-state index contributed by atoms with van der Waals surface area (Å²) in [7, 11) is 0. The predicted molar refractivity (Wildman–Crippen MR) is 106 cm³/mol. The molecule has 1 aromatic heterocycles. The van der Waals surface area contributed by atoms with Crippen LogP contribution in [0.25, 0.3) is 0 Å². The zero-order chi connectivity index (χ0) is 19.9. The Morgan fingerprint density at radius 1 is 0.964 bits per heavy atom. The third kappa shape index (κ3) is 5.38. The molecule has 0 saturated heterocycles. The smallest absolute Gasteiger partial charge is 0.329 e. The van der Waals surface area contributed by atoms with Gasteiger partial charge in [0.1, 0.15) is 12.6 Å². The first-order valence-electron chi connectivity index (χ1n) is 8.52. The molecule has 1 heterocycles. The van der Waals surface area contributed by atoms with Gasteiger partial charge in [-0.15, -0.1) is 0 Å². The molecule has 1 N–H and O–H groups in total. The Labute approximate surface area is 172 Å². The lowest BCUT2D eigenvalue weighted by Crippen LogP contribution is -2.43. The van der Waals surface area contributed by atoms with E-state index in [9.17, 15) is 9.59 Å². The van der Waals surface area contributed by atoms with Crippen molar-refractivity contribution in [1.82, 2.24) is 5.32 Å². The molecular weight excluding hydrogens is 401 g/mol. The van der Waals surface area contributed by atoms with Crippen LogP contribution in [0, 0.1) is 0 Å². The molecule has 0 radical (unpaired) electrons. The van der Waals surface area contributed by atoms with E-state index in [0.717, 1.165) is 5.56 Å². The highest BCUT2D eigenvalue weighted by Crippen LogP contribution is 2.23. The third-order valence-electron chi connectivity index (χ3n) is 3.98. The fourth-order valence-corrected chi connectivity index (χ4v) is 2.89. The molecule has 3 aromatic rings. The highest BCUT2D eigenvalue weighted by molar-refractivity contribution is 6.42. The lowest BCUT2D eigenvalue weighted by atomic mass is 10.1. The van der Waals surface area contributed by atoms with Crippen molar-refractivity contribution in [1.29, 1.82) is 0 Å². The Kier molecular flexibility index (Phi) is 6.74. The zero-order valence-corrected chi connectivity index (χ0v) is 16.2. The molecule has 0 aliphatic carbocycles. The maximum absolute atomic E-state index is 12.7. The predicted octanol–water partition coefficient (Wildman–Crippen LogP) is 4.67. The summed E-state index contributed by atoms with van der Waals surface area (Å²) in [5.74, 6) is -0.928. The number of furan rings is 1. The van der Waals surface area contributed by atoms with Crippen molar-refractivity contribution in [3.05, 3.63) is 93.9 Å². The number of halogens is 2. The summed E-state index contributed by atoms with van der Waals surface area (Å²) >= 11 is 11.9. The van der Waals surface area contributed by atoms with E-state index >= 15 is 0 Å². The topological polar surface area (TPSA) is 68.5 Å². The van der Waals surface area contributed by atoms with Crippen LogP contribution in [0.1, 0.15) is 21.7 Å². The number of hydrogen-bond donors (Lipinski definition) is 1. The van der Waals surface area contributed by atoms with E-state index in [0.29, 0.717) is 15.6 Å². The number of amides is 1. The summed E-state index contributed by atoms with van der Waals surface area (Å²) in [4.78, 5) is 25.0. The van der Waals surface area contributed by atoms with Crippen molar-refractivity contribution < 1.29 is 18.7 Å². The van der Waals surface area contributed by atoms with Crippen LogP contribution in [0.2, 0.25) is 10.0 Å². The van der Waals surface area contributed by atoms with Gasteiger partial charge in [-0.3, -0.25) is 4.79 Å². The Bertz CT molecular complexity index is 942. The third-order valence-corrected chi connectivity index (χ3v) is 4.72. The van der Waals surface area contributed by atoms with Gasteiger partial charge in [-0.2, -0.15) is 0 Å². The number of hydrogen-bond acceptors (Lipinski definition) is 4. The minimum Gasteiger partial charge on any atom is -0.459 e. The van der Waals surface area contributed by atoms with E-state index in [1.807, 2.05) is 30.3 Å². The second-order valence-electron chi connectivity index (χ2n) is 6.05. The second kappa shape index (κ2) is 9.44. The summed E-state index contributed by atoms with van der Waals surface area (Å²) in [5.41, 5.74) is 1.58. The fraction of sp³-hybridized carbons (Fsp3) is 0.143. The van der Waals surface area contributed by atoms with Gasteiger partial charge in [-0.1, -0.05) is 59.6 Å². The average molecular weight is 418 g/mol. The first-order valence-corrected chi connectivity index (χ1v) is 9.27. The second-order valence-corrected chi connectivity index (χ2v) is 6.86. The van der Waals surface area contributed by atoms with E-state index in [4.69, 9.17) is 32.4 Å². The molecule has 7 heteroatoms.